The van der Waals surface area contributed by atoms with E-state index in [4.69, 9.17) is 22.3 Å². The zero-order chi connectivity index (χ0) is 27.1. The number of carbonyl (C=O) groups is 5. The van der Waals surface area contributed by atoms with Crippen molar-refractivity contribution in [2.75, 3.05) is 12.3 Å². The van der Waals surface area contributed by atoms with Crippen molar-refractivity contribution in [2.24, 2.45) is 28.1 Å². The smallest absolute Gasteiger partial charge is 0.326 e. The van der Waals surface area contributed by atoms with Crippen molar-refractivity contribution in [1.82, 2.24) is 16.0 Å². The molecule has 0 aliphatic rings. The van der Waals surface area contributed by atoms with E-state index in [1.807, 2.05) is 6.92 Å². The van der Waals surface area contributed by atoms with E-state index < -0.39 is 60.2 Å². The van der Waals surface area contributed by atoms with E-state index in [1.54, 1.807) is 6.92 Å². The minimum Gasteiger partial charge on any atom is -0.481 e. The number of rotatable bonds is 17. The van der Waals surface area contributed by atoms with Crippen LogP contribution in [0.3, 0.4) is 0 Å². The number of nitrogens with two attached hydrogens (primary N) is 3. The van der Waals surface area contributed by atoms with Crippen LogP contribution in [0.2, 0.25) is 0 Å². The molecule has 5 unspecified atom stereocenters. The molecule has 0 aromatic rings. The molecular weight excluding hydrogens is 482 g/mol. The zero-order valence-corrected chi connectivity index (χ0v) is 20.8. The zero-order valence-electron chi connectivity index (χ0n) is 19.9. The molecule has 0 spiro atoms. The first kappa shape index (κ1) is 31.9. The molecule has 0 aliphatic carbocycles. The first-order chi connectivity index (χ1) is 16.3. The summed E-state index contributed by atoms with van der Waals surface area (Å²) >= 11 is 4.06. The Morgan fingerprint density at radius 3 is 1.94 bits per heavy atom. The van der Waals surface area contributed by atoms with Gasteiger partial charge in [-0.1, -0.05) is 20.3 Å². The average molecular weight is 520 g/mol. The highest BCUT2D eigenvalue weighted by atomic mass is 32.1. The van der Waals surface area contributed by atoms with Gasteiger partial charge in [0.25, 0.3) is 0 Å². The third-order valence-electron chi connectivity index (χ3n) is 5.22. The van der Waals surface area contributed by atoms with Gasteiger partial charge in [-0.2, -0.15) is 12.6 Å². The molecule has 0 saturated carbocycles. The van der Waals surface area contributed by atoms with Gasteiger partial charge in [-0.25, -0.2) is 4.79 Å². The molecule has 200 valence electrons. The summed E-state index contributed by atoms with van der Waals surface area (Å²) in [5.74, 6) is -5.24. The second-order valence-electron chi connectivity index (χ2n) is 8.00. The number of thiol groups is 1. The summed E-state index contributed by atoms with van der Waals surface area (Å²) in [4.78, 5) is 64.1. The number of carboxylic acid groups (broad SMARTS) is 2. The number of amides is 3. The number of hydrogen-bond acceptors (Lipinski definition) is 8. The van der Waals surface area contributed by atoms with E-state index >= 15 is 0 Å². The monoisotopic (exact) mass is 519 g/mol. The van der Waals surface area contributed by atoms with Gasteiger partial charge in [-0.15, -0.1) is 0 Å². The molecule has 0 heterocycles. The lowest BCUT2D eigenvalue weighted by molar-refractivity contribution is -0.143. The molecule has 0 aromatic heterocycles. The van der Waals surface area contributed by atoms with Gasteiger partial charge in [0, 0.05) is 18.7 Å². The predicted molar refractivity (Wildman–Crippen MR) is 131 cm³/mol. The Morgan fingerprint density at radius 1 is 0.914 bits per heavy atom. The fourth-order valence-electron chi connectivity index (χ4n) is 2.82. The minimum atomic E-state index is -1.37. The Balaban J connectivity index is 5.36. The normalized spacial score (nSPS) is 15.0. The van der Waals surface area contributed by atoms with Gasteiger partial charge in [0.05, 0.1) is 6.04 Å². The van der Waals surface area contributed by atoms with Crippen LogP contribution in [0.1, 0.15) is 46.0 Å². The summed E-state index contributed by atoms with van der Waals surface area (Å²) < 4.78 is 0. The fraction of sp³-hybridized carbons (Fsp3) is 0.700. The number of nitrogens with zero attached hydrogens (tertiary/aromatic N) is 1. The van der Waals surface area contributed by atoms with Crippen LogP contribution in [0.15, 0.2) is 4.99 Å². The quantitative estimate of drug-likeness (QED) is 0.0431. The van der Waals surface area contributed by atoms with E-state index in [1.165, 1.54) is 0 Å². The highest BCUT2D eigenvalue weighted by Crippen LogP contribution is 2.07. The molecule has 0 saturated heterocycles. The maximum Gasteiger partial charge on any atom is 0.326 e. The lowest BCUT2D eigenvalue weighted by Crippen LogP contribution is -2.58. The Bertz CT molecular complexity index is 777. The van der Waals surface area contributed by atoms with E-state index in [9.17, 15) is 29.1 Å². The van der Waals surface area contributed by atoms with Crippen molar-refractivity contribution < 1.29 is 34.2 Å². The van der Waals surface area contributed by atoms with E-state index in [2.05, 4.69) is 33.6 Å². The van der Waals surface area contributed by atoms with Crippen LogP contribution in [0.4, 0.5) is 0 Å². The van der Waals surface area contributed by atoms with Crippen molar-refractivity contribution in [3.8, 4) is 0 Å². The molecule has 0 fully saturated rings. The van der Waals surface area contributed by atoms with Crippen molar-refractivity contribution >= 4 is 48.2 Å². The second-order valence-corrected chi connectivity index (χ2v) is 8.36. The van der Waals surface area contributed by atoms with Crippen LogP contribution in [0.5, 0.6) is 0 Å². The number of aliphatic imine (C=N–C) groups is 1. The first-order valence-electron chi connectivity index (χ1n) is 11.1. The van der Waals surface area contributed by atoms with Gasteiger partial charge in [0.1, 0.15) is 18.1 Å². The third-order valence-corrected chi connectivity index (χ3v) is 5.58. The number of nitrogens with one attached hydrogen (secondary N) is 3. The molecule has 5 atom stereocenters. The Kier molecular flexibility index (Phi) is 15.1. The number of carbonyl (C=O) groups excluding carboxylic acids is 3. The maximum atomic E-state index is 12.7. The molecule has 0 aromatic carbocycles. The summed E-state index contributed by atoms with van der Waals surface area (Å²) in [5.41, 5.74) is 16.3. The molecule has 0 rings (SSSR count). The number of carboxylic acids is 2. The van der Waals surface area contributed by atoms with Crippen molar-refractivity contribution in [3.05, 3.63) is 0 Å². The van der Waals surface area contributed by atoms with Gasteiger partial charge < -0.3 is 43.4 Å². The summed E-state index contributed by atoms with van der Waals surface area (Å²) in [6.07, 6.45) is 0.0798. The van der Waals surface area contributed by atoms with Gasteiger partial charge in [0.15, 0.2) is 5.96 Å². The van der Waals surface area contributed by atoms with Gasteiger partial charge in [-0.05, 0) is 25.2 Å². The Morgan fingerprint density at radius 2 is 1.46 bits per heavy atom. The Hall–Kier alpha value is -3.07. The third kappa shape index (κ3) is 12.8. The lowest BCUT2D eigenvalue weighted by atomic mass is 9.99. The highest BCUT2D eigenvalue weighted by molar-refractivity contribution is 7.80. The second kappa shape index (κ2) is 16.5. The van der Waals surface area contributed by atoms with Crippen LogP contribution < -0.4 is 33.2 Å². The number of aliphatic carboxylic acids is 2. The van der Waals surface area contributed by atoms with E-state index in [0.29, 0.717) is 6.42 Å². The fourth-order valence-corrected chi connectivity index (χ4v) is 3.07. The van der Waals surface area contributed by atoms with Crippen molar-refractivity contribution in [1.29, 1.82) is 0 Å². The molecular formula is C20H37N7O7S. The SMILES string of the molecule is CCC(C)C(N)C(=O)NC(CS)C(=O)NC(CCC(=O)O)C(=O)NC(CCCN=C(N)N)C(=O)O. The largest absolute Gasteiger partial charge is 0.481 e. The molecule has 0 bridgehead atoms. The van der Waals surface area contributed by atoms with Crippen molar-refractivity contribution in [3.63, 3.8) is 0 Å². The molecule has 11 N–H and O–H groups in total. The molecule has 14 nitrogen and oxygen atoms in total. The molecule has 15 heteroatoms. The van der Waals surface area contributed by atoms with Gasteiger partial charge in [0.2, 0.25) is 17.7 Å². The van der Waals surface area contributed by atoms with E-state index in [0.717, 1.165) is 0 Å². The van der Waals surface area contributed by atoms with Crippen LogP contribution in [-0.2, 0) is 24.0 Å². The summed E-state index contributed by atoms with van der Waals surface area (Å²) in [5, 5.41) is 25.5. The Labute approximate surface area is 209 Å². The molecule has 0 radical (unpaired) electrons. The highest BCUT2D eigenvalue weighted by Gasteiger charge is 2.30. The van der Waals surface area contributed by atoms with Crippen molar-refractivity contribution in [2.45, 2.75) is 70.1 Å². The average Bonchev–Trinajstić information content (AvgIpc) is 2.79. The van der Waals surface area contributed by atoms with Crippen LogP contribution in [0.25, 0.3) is 0 Å². The van der Waals surface area contributed by atoms with Gasteiger partial charge in [-0.3, -0.25) is 24.2 Å². The van der Waals surface area contributed by atoms with Gasteiger partial charge >= 0.3 is 11.9 Å². The van der Waals surface area contributed by atoms with Crippen LogP contribution in [-0.4, -0.2) is 82.3 Å². The minimum absolute atomic E-state index is 0.0136. The van der Waals surface area contributed by atoms with Crippen LogP contribution >= 0.6 is 12.6 Å². The lowest BCUT2D eigenvalue weighted by Gasteiger charge is -2.25. The summed E-state index contributed by atoms with van der Waals surface area (Å²) in [6.45, 7) is 3.78. The topological polar surface area (TPSA) is 252 Å². The molecule has 0 aliphatic heterocycles. The number of guanidine groups is 1. The predicted octanol–water partition coefficient (Wildman–Crippen LogP) is -2.25. The van der Waals surface area contributed by atoms with E-state index in [-0.39, 0.29) is 43.4 Å². The number of hydrogen-bond donors (Lipinski definition) is 9. The standard InChI is InChI=1S/C20H37N7O7S/c1-3-10(2)15(21)18(32)27-13(9-35)17(31)25-11(6-7-14(28)29)16(30)26-12(19(33)34)5-4-8-24-20(22)23/h10-13,15,35H,3-9,21H2,1-2H3,(H,25,31)(H,26,30)(H,27,32)(H,28,29)(H,33,34)(H4,22,23,24). The molecule has 3 amide bonds. The van der Waals surface area contributed by atoms with Crippen LogP contribution in [0, 0.1) is 5.92 Å². The first-order valence-corrected chi connectivity index (χ1v) is 11.7. The summed E-state index contributed by atoms with van der Waals surface area (Å²) in [7, 11) is 0. The molecule has 35 heavy (non-hydrogen) atoms. The maximum absolute atomic E-state index is 12.7. The summed E-state index contributed by atoms with van der Waals surface area (Å²) in [6, 6.07) is -4.72.